The van der Waals surface area contributed by atoms with Crippen LogP contribution in [0, 0.1) is 11.6 Å². The molecule has 0 aliphatic heterocycles. The van der Waals surface area contributed by atoms with Crippen LogP contribution in [-0.4, -0.2) is 0 Å². The predicted molar refractivity (Wildman–Crippen MR) is 76.3 cm³/mol. The van der Waals surface area contributed by atoms with Crippen molar-refractivity contribution < 1.29 is 13.2 Å². The van der Waals surface area contributed by atoms with E-state index in [9.17, 15) is 8.78 Å². The second kappa shape index (κ2) is 5.00. The Labute approximate surface area is 122 Å². The highest BCUT2D eigenvalue weighted by Crippen LogP contribution is 2.29. The number of rotatable bonds is 2. The van der Waals surface area contributed by atoms with Gasteiger partial charge in [0.1, 0.15) is 23.0 Å². The number of halogens is 3. The number of benzene rings is 2. The molecule has 0 aliphatic carbocycles. The van der Waals surface area contributed by atoms with E-state index in [4.69, 9.17) is 10.2 Å². The summed E-state index contributed by atoms with van der Waals surface area (Å²) in [6.07, 6.45) is 0. The Hall–Kier alpha value is -1.72. The molecule has 20 heavy (non-hydrogen) atoms. The standard InChI is InChI=1S/C15H10BrF2NO/c16-11-6-8(1-3-12(11)18)15(19)14-7-9-5-10(17)2-4-13(9)20-14/h1-7,15H,19H2. The normalized spacial score (nSPS) is 12.8. The first kappa shape index (κ1) is 13.3. The second-order valence-electron chi connectivity index (χ2n) is 4.48. The summed E-state index contributed by atoms with van der Waals surface area (Å²) in [7, 11) is 0. The van der Waals surface area contributed by atoms with Crippen LogP contribution in [0.4, 0.5) is 8.78 Å². The van der Waals surface area contributed by atoms with E-state index in [0.29, 0.717) is 26.8 Å². The molecule has 0 fully saturated rings. The van der Waals surface area contributed by atoms with Crippen molar-refractivity contribution in [3.8, 4) is 0 Å². The van der Waals surface area contributed by atoms with Crippen LogP contribution in [0.5, 0.6) is 0 Å². The van der Waals surface area contributed by atoms with Crippen LogP contribution in [-0.2, 0) is 0 Å². The first-order chi connectivity index (χ1) is 9.54. The first-order valence-electron chi connectivity index (χ1n) is 5.94. The largest absolute Gasteiger partial charge is 0.459 e. The van der Waals surface area contributed by atoms with E-state index in [-0.39, 0.29) is 11.6 Å². The molecule has 102 valence electrons. The van der Waals surface area contributed by atoms with Gasteiger partial charge in [-0.2, -0.15) is 0 Å². The van der Waals surface area contributed by atoms with E-state index < -0.39 is 6.04 Å². The van der Waals surface area contributed by atoms with Crippen molar-refractivity contribution in [3.05, 3.63) is 69.9 Å². The highest BCUT2D eigenvalue weighted by Gasteiger charge is 2.15. The molecule has 1 aromatic heterocycles. The number of furan rings is 1. The van der Waals surface area contributed by atoms with Crippen molar-refractivity contribution in [2.24, 2.45) is 5.73 Å². The van der Waals surface area contributed by atoms with Crippen molar-refractivity contribution in [2.75, 3.05) is 0 Å². The molecule has 3 rings (SSSR count). The Bertz CT molecular complexity index is 785. The van der Waals surface area contributed by atoms with E-state index in [1.54, 1.807) is 24.3 Å². The number of fused-ring (bicyclic) bond motifs is 1. The van der Waals surface area contributed by atoms with Gasteiger partial charge in [-0.3, -0.25) is 0 Å². The van der Waals surface area contributed by atoms with Gasteiger partial charge in [-0.05, 0) is 57.9 Å². The van der Waals surface area contributed by atoms with Crippen LogP contribution in [0.2, 0.25) is 0 Å². The van der Waals surface area contributed by atoms with Gasteiger partial charge in [0, 0.05) is 5.39 Å². The molecule has 0 radical (unpaired) electrons. The fourth-order valence-electron chi connectivity index (χ4n) is 2.06. The fourth-order valence-corrected chi connectivity index (χ4v) is 2.45. The van der Waals surface area contributed by atoms with Gasteiger partial charge in [0.2, 0.25) is 0 Å². The fraction of sp³-hybridized carbons (Fsp3) is 0.0667. The quantitative estimate of drug-likeness (QED) is 0.746. The Balaban J connectivity index is 2.02. The molecular weight excluding hydrogens is 328 g/mol. The molecule has 3 aromatic rings. The van der Waals surface area contributed by atoms with Gasteiger partial charge in [0.15, 0.2) is 0 Å². The van der Waals surface area contributed by atoms with Gasteiger partial charge in [0.25, 0.3) is 0 Å². The van der Waals surface area contributed by atoms with E-state index in [1.165, 1.54) is 18.2 Å². The van der Waals surface area contributed by atoms with Crippen molar-refractivity contribution in [1.82, 2.24) is 0 Å². The van der Waals surface area contributed by atoms with Gasteiger partial charge in [-0.15, -0.1) is 0 Å². The number of hydrogen-bond donors (Lipinski definition) is 1. The van der Waals surface area contributed by atoms with Crippen molar-refractivity contribution in [2.45, 2.75) is 6.04 Å². The highest BCUT2D eigenvalue weighted by molar-refractivity contribution is 9.10. The van der Waals surface area contributed by atoms with E-state index in [0.717, 1.165) is 0 Å². The third-order valence-corrected chi connectivity index (χ3v) is 3.71. The second-order valence-corrected chi connectivity index (χ2v) is 5.34. The lowest BCUT2D eigenvalue weighted by atomic mass is 10.1. The Morgan fingerprint density at radius 2 is 1.85 bits per heavy atom. The lowest BCUT2D eigenvalue weighted by Crippen LogP contribution is -2.10. The average molecular weight is 338 g/mol. The zero-order valence-corrected chi connectivity index (χ0v) is 11.8. The summed E-state index contributed by atoms with van der Waals surface area (Å²) >= 11 is 3.12. The molecule has 0 spiro atoms. The molecule has 1 atom stereocenters. The van der Waals surface area contributed by atoms with Crippen LogP contribution in [0.15, 0.2) is 51.4 Å². The first-order valence-corrected chi connectivity index (χ1v) is 6.73. The van der Waals surface area contributed by atoms with Gasteiger partial charge in [-0.1, -0.05) is 6.07 Å². The molecule has 2 nitrogen and oxygen atoms in total. The number of nitrogens with two attached hydrogens (primary N) is 1. The van der Waals surface area contributed by atoms with Crippen LogP contribution >= 0.6 is 15.9 Å². The minimum absolute atomic E-state index is 0.331. The average Bonchev–Trinajstić information content (AvgIpc) is 2.84. The molecule has 0 amide bonds. The van der Waals surface area contributed by atoms with Crippen molar-refractivity contribution in [3.63, 3.8) is 0 Å². The summed E-state index contributed by atoms with van der Waals surface area (Å²) in [5, 5.41) is 0.650. The maximum Gasteiger partial charge on any atom is 0.137 e. The molecule has 1 unspecified atom stereocenters. The molecule has 0 bridgehead atoms. The summed E-state index contributed by atoms with van der Waals surface area (Å²) in [5.41, 5.74) is 7.38. The maximum atomic E-state index is 13.2. The van der Waals surface area contributed by atoms with Crippen molar-refractivity contribution >= 4 is 26.9 Å². The molecule has 5 heteroatoms. The summed E-state index contributed by atoms with van der Waals surface area (Å²) < 4.78 is 32.3. The van der Waals surface area contributed by atoms with Gasteiger partial charge < -0.3 is 10.2 Å². The van der Waals surface area contributed by atoms with Crippen LogP contribution in [0.1, 0.15) is 17.4 Å². The van der Waals surface area contributed by atoms with Crippen LogP contribution in [0.25, 0.3) is 11.0 Å². The van der Waals surface area contributed by atoms with Crippen LogP contribution < -0.4 is 5.73 Å². The smallest absolute Gasteiger partial charge is 0.137 e. The van der Waals surface area contributed by atoms with Gasteiger partial charge >= 0.3 is 0 Å². The summed E-state index contributed by atoms with van der Waals surface area (Å²) in [6, 6.07) is 9.96. The molecule has 0 saturated carbocycles. The summed E-state index contributed by atoms with van der Waals surface area (Å²) in [4.78, 5) is 0. The Morgan fingerprint density at radius 1 is 1.05 bits per heavy atom. The highest BCUT2D eigenvalue weighted by atomic mass is 79.9. The third-order valence-electron chi connectivity index (χ3n) is 3.11. The SMILES string of the molecule is NC(c1ccc(F)c(Br)c1)c1cc2cc(F)ccc2o1. The Kier molecular flexibility index (Phi) is 3.31. The molecule has 2 N–H and O–H groups in total. The van der Waals surface area contributed by atoms with Gasteiger partial charge in [0.05, 0.1) is 10.5 Å². The van der Waals surface area contributed by atoms with Crippen molar-refractivity contribution in [1.29, 1.82) is 0 Å². The zero-order valence-electron chi connectivity index (χ0n) is 10.2. The minimum atomic E-state index is -0.539. The lowest BCUT2D eigenvalue weighted by Gasteiger charge is -2.09. The van der Waals surface area contributed by atoms with E-state index in [1.807, 2.05) is 0 Å². The zero-order chi connectivity index (χ0) is 14.3. The molecule has 2 aromatic carbocycles. The maximum absolute atomic E-state index is 13.2. The monoisotopic (exact) mass is 337 g/mol. The van der Waals surface area contributed by atoms with E-state index >= 15 is 0 Å². The molecule has 0 aliphatic rings. The number of hydrogen-bond acceptors (Lipinski definition) is 2. The lowest BCUT2D eigenvalue weighted by molar-refractivity contribution is 0.523. The molecule has 1 heterocycles. The van der Waals surface area contributed by atoms with Crippen LogP contribution in [0.3, 0.4) is 0 Å². The topological polar surface area (TPSA) is 39.2 Å². The predicted octanol–water partition coefficient (Wildman–Crippen LogP) is 4.52. The Morgan fingerprint density at radius 3 is 2.60 bits per heavy atom. The summed E-state index contributed by atoms with van der Waals surface area (Å²) in [5.74, 6) is -0.181. The van der Waals surface area contributed by atoms with E-state index in [2.05, 4.69) is 15.9 Å². The minimum Gasteiger partial charge on any atom is -0.459 e. The van der Waals surface area contributed by atoms with Gasteiger partial charge in [-0.25, -0.2) is 8.78 Å². The third kappa shape index (κ3) is 2.34. The molecular formula is C15H10BrF2NO. The molecule has 0 saturated heterocycles. The summed E-state index contributed by atoms with van der Waals surface area (Å²) in [6.45, 7) is 0.